The second-order valence-corrected chi connectivity index (χ2v) is 6.83. The Hall–Kier alpha value is -1.52. The summed E-state index contributed by atoms with van der Waals surface area (Å²) in [4.78, 5) is 11.2. The summed E-state index contributed by atoms with van der Waals surface area (Å²) in [6.45, 7) is 6.20. The van der Waals surface area contributed by atoms with Crippen LogP contribution in [0.4, 0.5) is 0 Å². The van der Waals surface area contributed by atoms with Crippen molar-refractivity contribution < 1.29 is 9.90 Å². The molecule has 4 nitrogen and oxygen atoms in total. The summed E-state index contributed by atoms with van der Waals surface area (Å²) in [5.74, 6) is -1.29. The van der Waals surface area contributed by atoms with Crippen LogP contribution in [-0.4, -0.2) is 20.9 Å². The number of benzene rings is 1. The highest BCUT2D eigenvalue weighted by atomic mass is 35.5. The molecule has 1 heterocycles. The van der Waals surface area contributed by atoms with Crippen LogP contribution < -0.4 is 0 Å². The quantitative estimate of drug-likeness (QED) is 0.774. The van der Waals surface area contributed by atoms with E-state index in [0.717, 1.165) is 35.4 Å². The number of halogens is 2. The van der Waals surface area contributed by atoms with Crippen LogP contribution >= 0.6 is 23.2 Å². The molecule has 1 atom stereocenters. The van der Waals surface area contributed by atoms with E-state index in [1.54, 1.807) is 13.0 Å². The van der Waals surface area contributed by atoms with Gasteiger partial charge in [0.25, 0.3) is 0 Å². The summed E-state index contributed by atoms with van der Waals surface area (Å²) in [6, 6.07) is 5.53. The molecule has 0 aliphatic rings. The first-order valence-corrected chi connectivity index (χ1v) is 8.86. The van der Waals surface area contributed by atoms with E-state index in [0.29, 0.717) is 23.0 Å². The molecule has 24 heavy (non-hydrogen) atoms. The Kier molecular flexibility index (Phi) is 6.30. The molecule has 0 spiro atoms. The van der Waals surface area contributed by atoms with Gasteiger partial charge in [-0.2, -0.15) is 5.10 Å². The van der Waals surface area contributed by atoms with E-state index < -0.39 is 11.9 Å². The smallest absolute Gasteiger partial charge is 0.308 e. The molecule has 6 heteroatoms. The fourth-order valence-corrected chi connectivity index (χ4v) is 3.45. The number of nitrogens with zero attached hydrogens (tertiary/aromatic N) is 2. The molecular formula is C18H22Cl2N2O2. The molecule has 0 bridgehead atoms. The van der Waals surface area contributed by atoms with Crippen LogP contribution in [0.2, 0.25) is 10.0 Å². The Balaban J connectivity index is 2.40. The summed E-state index contributed by atoms with van der Waals surface area (Å²) in [6.07, 6.45) is 2.28. The summed E-state index contributed by atoms with van der Waals surface area (Å²) in [5, 5.41) is 15.0. The molecule has 1 aromatic heterocycles. The van der Waals surface area contributed by atoms with E-state index >= 15 is 0 Å². The van der Waals surface area contributed by atoms with Crippen molar-refractivity contribution in [1.82, 2.24) is 9.78 Å². The average Bonchev–Trinajstić information content (AvgIpc) is 2.82. The van der Waals surface area contributed by atoms with Gasteiger partial charge in [-0.15, -0.1) is 0 Å². The summed E-state index contributed by atoms with van der Waals surface area (Å²) < 4.78 is 1.85. The normalized spacial score (nSPS) is 12.4. The standard InChI is InChI=1S/C18H22Cl2N2O2/c1-4-16-15(8-12-6-13(19)9-14(20)7-12)17(5-2)22(21-16)10-11(3)18(23)24/h6-7,9,11H,4-5,8,10H2,1-3H3,(H,23,24). The number of hydrogen-bond donors (Lipinski definition) is 1. The van der Waals surface area contributed by atoms with Crippen molar-refractivity contribution in [1.29, 1.82) is 0 Å². The largest absolute Gasteiger partial charge is 0.481 e. The summed E-state index contributed by atoms with van der Waals surface area (Å²) >= 11 is 12.2. The summed E-state index contributed by atoms with van der Waals surface area (Å²) in [7, 11) is 0. The molecule has 1 N–H and O–H groups in total. The zero-order valence-corrected chi connectivity index (χ0v) is 15.7. The van der Waals surface area contributed by atoms with Gasteiger partial charge in [0.05, 0.1) is 18.2 Å². The molecule has 0 aliphatic heterocycles. The SMILES string of the molecule is CCc1nn(CC(C)C(=O)O)c(CC)c1Cc1cc(Cl)cc(Cl)c1. The van der Waals surface area contributed by atoms with Gasteiger partial charge in [0, 0.05) is 27.7 Å². The van der Waals surface area contributed by atoms with Gasteiger partial charge in [-0.3, -0.25) is 9.48 Å². The third-order valence-electron chi connectivity index (χ3n) is 4.09. The molecule has 0 radical (unpaired) electrons. The maximum absolute atomic E-state index is 11.2. The van der Waals surface area contributed by atoms with Crippen LogP contribution in [-0.2, 0) is 30.6 Å². The first kappa shape index (κ1) is 18.8. The maximum Gasteiger partial charge on any atom is 0.308 e. The minimum absolute atomic E-state index is 0.377. The van der Waals surface area contributed by atoms with Crippen molar-refractivity contribution in [2.45, 2.75) is 46.6 Å². The van der Waals surface area contributed by atoms with Crippen LogP contribution in [0.5, 0.6) is 0 Å². The second kappa shape index (κ2) is 8.04. The minimum Gasteiger partial charge on any atom is -0.481 e. The average molecular weight is 369 g/mol. The predicted octanol–water partition coefficient (Wildman–Crippen LogP) is 4.63. The van der Waals surface area contributed by atoms with Crippen LogP contribution in [0, 0.1) is 5.92 Å². The lowest BCUT2D eigenvalue weighted by molar-refractivity contribution is -0.141. The van der Waals surface area contributed by atoms with Crippen molar-refractivity contribution in [3.8, 4) is 0 Å². The van der Waals surface area contributed by atoms with Crippen molar-refractivity contribution >= 4 is 29.2 Å². The molecule has 0 saturated carbocycles. The van der Waals surface area contributed by atoms with Crippen molar-refractivity contribution in [2.24, 2.45) is 5.92 Å². The van der Waals surface area contributed by atoms with E-state index in [9.17, 15) is 4.79 Å². The number of aromatic nitrogens is 2. The monoisotopic (exact) mass is 368 g/mol. The van der Waals surface area contributed by atoms with Gasteiger partial charge in [0.2, 0.25) is 0 Å². The molecule has 0 fully saturated rings. The van der Waals surface area contributed by atoms with Gasteiger partial charge in [-0.1, -0.05) is 44.0 Å². The lowest BCUT2D eigenvalue weighted by Gasteiger charge is -2.11. The number of carbonyl (C=O) groups is 1. The zero-order valence-electron chi connectivity index (χ0n) is 14.1. The molecule has 1 unspecified atom stereocenters. The highest BCUT2D eigenvalue weighted by molar-refractivity contribution is 6.34. The van der Waals surface area contributed by atoms with Crippen molar-refractivity contribution in [2.75, 3.05) is 0 Å². The lowest BCUT2D eigenvalue weighted by atomic mass is 10.0. The van der Waals surface area contributed by atoms with E-state index in [4.69, 9.17) is 28.3 Å². The van der Waals surface area contributed by atoms with Crippen molar-refractivity contribution in [3.63, 3.8) is 0 Å². The Labute approximate surface area is 152 Å². The Morgan fingerprint density at radius 2 is 1.83 bits per heavy atom. The molecular weight excluding hydrogens is 347 g/mol. The minimum atomic E-state index is -0.811. The topological polar surface area (TPSA) is 55.1 Å². The molecule has 1 aromatic carbocycles. The fourth-order valence-electron chi connectivity index (χ4n) is 2.88. The molecule has 0 amide bonds. The van der Waals surface area contributed by atoms with Crippen LogP contribution in [0.1, 0.15) is 43.3 Å². The van der Waals surface area contributed by atoms with Gasteiger partial charge in [0.15, 0.2) is 0 Å². The lowest BCUT2D eigenvalue weighted by Crippen LogP contribution is -2.19. The van der Waals surface area contributed by atoms with Crippen LogP contribution in [0.25, 0.3) is 0 Å². The highest BCUT2D eigenvalue weighted by Crippen LogP contribution is 2.25. The molecule has 130 valence electrons. The third kappa shape index (κ3) is 4.31. The van der Waals surface area contributed by atoms with Crippen LogP contribution in [0.15, 0.2) is 18.2 Å². The summed E-state index contributed by atoms with van der Waals surface area (Å²) in [5.41, 5.74) is 4.26. The molecule has 0 saturated heterocycles. The Bertz CT molecular complexity index is 721. The Morgan fingerprint density at radius 1 is 1.21 bits per heavy atom. The van der Waals surface area contributed by atoms with Gasteiger partial charge in [-0.05, 0) is 36.6 Å². The maximum atomic E-state index is 11.2. The van der Waals surface area contributed by atoms with Crippen LogP contribution in [0.3, 0.4) is 0 Å². The van der Waals surface area contributed by atoms with E-state index in [1.807, 2.05) is 16.8 Å². The number of carboxylic acid groups (broad SMARTS) is 1. The fraction of sp³-hybridized carbons (Fsp3) is 0.444. The van der Waals surface area contributed by atoms with Gasteiger partial charge in [0.1, 0.15) is 0 Å². The van der Waals surface area contributed by atoms with E-state index in [2.05, 4.69) is 18.9 Å². The van der Waals surface area contributed by atoms with Crippen molar-refractivity contribution in [3.05, 3.63) is 50.8 Å². The highest BCUT2D eigenvalue weighted by Gasteiger charge is 2.20. The Morgan fingerprint density at radius 3 is 2.33 bits per heavy atom. The first-order valence-electron chi connectivity index (χ1n) is 8.10. The van der Waals surface area contributed by atoms with Gasteiger partial charge < -0.3 is 5.11 Å². The number of rotatable bonds is 7. The number of aryl methyl sites for hydroxylation is 1. The number of hydrogen-bond acceptors (Lipinski definition) is 2. The zero-order chi connectivity index (χ0) is 17.9. The second-order valence-electron chi connectivity index (χ2n) is 5.95. The molecule has 2 aromatic rings. The van der Waals surface area contributed by atoms with E-state index in [-0.39, 0.29) is 0 Å². The molecule has 0 aliphatic carbocycles. The number of carboxylic acids is 1. The first-order chi connectivity index (χ1) is 11.3. The van der Waals surface area contributed by atoms with E-state index in [1.165, 1.54) is 0 Å². The molecule has 2 rings (SSSR count). The predicted molar refractivity (Wildman–Crippen MR) is 97.1 cm³/mol. The number of aliphatic carboxylic acids is 1. The third-order valence-corrected chi connectivity index (χ3v) is 4.53. The van der Waals surface area contributed by atoms with Gasteiger partial charge in [-0.25, -0.2) is 0 Å². The van der Waals surface area contributed by atoms with Gasteiger partial charge >= 0.3 is 5.97 Å².